The van der Waals surface area contributed by atoms with Crippen LogP contribution in [-0.4, -0.2) is 5.78 Å². The van der Waals surface area contributed by atoms with Crippen molar-refractivity contribution in [1.29, 1.82) is 0 Å². The van der Waals surface area contributed by atoms with Crippen LogP contribution in [0.5, 0.6) is 0 Å². The van der Waals surface area contributed by atoms with Gasteiger partial charge in [0.05, 0.1) is 0 Å². The molecule has 1 aliphatic carbocycles. The monoisotopic (exact) mass is 289 g/mol. The van der Waals surface area contributed by atoms with Crippen molar-refractivity contribution in [3.05, 3.63) is 48.7 Å². The van der Waals surface area contributed by atoms with Gasteiger partial charge in [0.1, 0.15) is 0 Å². The van der Waals surface area contributed by atoms with Crippen LogP contribution in [0.4, 0.5) is 0 Å². The summed E-state index contributed by atoms with van der Waals surface area (Å²) in [6.07, 6.45) is 3.51. The van der Waals surface area contributed by atoms with E-state index in [1.165, 1.54) is 5.56 Å². The van der Waals surface area contributed by atoms with Crippen LogP contribution in [-0.2, 0) is 37.5 Å². The third-order valence-electron chi connectivity index (χ3n) is 3.12. The molecule has 0 aromatic heterocycles. The molecule has 1 aromatic rings. The zero-order valence-corrected chi connectivity index (χ0v) is 12.3. The molecular formula is C14H16OY-2. The summed E-state index contributed by atoms with van der Waals surface area (Å²) in [5, 5.41) is 0. The van der Waals surface area contributed by atoms with Gasteiger partial charge >= 0.3 is 0 Å². The van der Waals surface area contributed by atoms with E-state index in [-0.39, 0.29) is 38.6 Å². The van der Waals surface area contributed by atoms with Gasteiger partial charge in [-0.3, -0.25) is 0 Å². The fourth-order valence-corrected chi connectivity index (χ4v) is 2.34. The normalized spacial score (nSPS) is 17.1. The van der Waals surface area contributed by atoms with Gasteiger partial charge in [0.25, 0.3) is 0 Å². The first-order valence-electron chi connectivity index (χ1n) is 5.56. The second-order valence-corrected chi connectivity index (χ2v) is 4.05. The first-order chi connectivity index (χ1) is 7.33. The minimum Gasteiger partial charge on any atom is -0.345 e. The number of Topliss-reactive ketones (excluding diaryl/α,β-unsaturated/α-hetero) is 1. The van der Waals surface area contributed by atoms with Crippen LogP contribution in [0.3, 0.4) is 0 Å². The largest absolute Gasteiger partial charge is 0.345 e. The summed E-state index contributed by atoms with van der Waals surface area (Å²) in [5.74, 6) is 1.70. The summed E-state index contributed by atoms with van der Waals surface area (Å²) in [4.78, 5) is 11.7. The average Bonchev–Trinajstić information content (AvgIpc) is 2.68. The Morgan fingerprint density at radius 1 is 1.31 bits per heavy atom. The van der Waals surface area contributed by atoms with Gasteiger partial charge in [0, 0.05) is 38.5 Å². The number of hydrogen-bond acceptors (Lipinski definition) is 1. The number of hydrogen-bond donors (Lipinski definition) is 0. The number of ketones is 1. The van der Waals surface area contributed by atoms with Crippen molar-refractivity contribution in [3.63, 3.8) is 0 Å². The van der Waals surface area contributed by atoms with Crippen LogP contribution in [0.15, 0.2) is 30.3 Å². The fraction of sp³-hybridized carbons (Fsp3) is 0.357. The first-order valence-corrected chi connectivity index (χ1v) is 5.56. The Morgan fingerprint density at radius 3 is 2.50 bits per heavy atom. The van der Waals surface area contributed by atoms with E-state index in [0.717, 1.165) is 31.6 Å². The maximum absolute atomic E-state index is 11.7. The Labute approximate surface area is 123 Å². The van der Waals surface area contributed by atoms with Gasteiger partial charge in [0.2, 0.25) is 0 Å². The first kappa shape index (κ1) is 13.9. The topological polar surface area (TPSA) is 17.1 Å². The van der Waals surface area contributed by atoms with E-state index in [4.69, 9.17) is 0 Å². The molecule has 1 aliphatic rings. The minimum absolute atomic E-state index is 0. The van der Waals surface area contributed by atoms with Gasteiger partial charge in [-0.2, -0.15) is 12.8 Å². The van der Waals surface area contributed by atoms with E-state index in [0.29, 0.717) is 5.78 Å². The third-order valence-corrected chi connectivity index (χ3v) is 3.12. The third kappa shape index (κ3) is 2.95. The van der Waals surface area contributed by atoms with Gasteiger partial charge in [-0.15, -0.1) is 5.92 Å². The predicted molar refractivity (Wildman–Crippen MR) is 61.3 cm³/mol. The Balaban J connectivity index is 0.00000128. The van der Waals surface area contributed by atoms with Crippen molar-refractivity contribution in [2.24, 2.45) is 0 Å². The maximum atomic E-state index is 11.7. The molecule has 1 fully saturated rings. The molecule has 0 N–H and O–H groups in total. The van der Waals surface area contributed by atoms with E-state index in [9.17, 15) is 4.79 Å². The maximum Gasteiger partial charge on any atom is 0.00186 e. The summed E-state index contributed by atoms with van der Waals surface area (Å²) in [7, 11) is 0. The standard InChI is InChI=1S/C14H16O.Y/c1-2-12(11-7-4-3-5-8-11)13-9-6-10-14(13)15;/h3-5,7-8,12H,1-2,6,9-10H2;/q-2;/t12-;/m1./s1. The van der Waals surface area contributed by atoms with Crippen molar-refractivity contribution >= 4 is 5.78 Å². The second-order valence-electron chi connectivity index (χ2n) is 4.05. The second kappa shape index (κ2) is 6.56. The smallest absolute Gasteiger partial charge is 0.00186 e. The van der Waals surface area contributed by atoms with Gasteiger partial charge in [0.15, 0.2) is 0 Å². The van der Waals surface area contributed by atoms with Crippen molar-refractivity contribution in [2.75, 3.05) is 0 Å². The summed E-state index contributed by atoms with van der Waals surface area (Å²) in [5.41, 5.74) is 1.23. The predicted octanol–water partition coefficient (Wildman–Crippen LogP) is 3.32. The molecule has 1 saturated carbocycles. The minimum atomic E-state index is 0. The SMILES string of the molecule is [CH2-]C[C@H](c1ccccc1)[C-]1CCCC1=O.[Y]. The van der Waals surface area contributed by atoms with Gasteiger partial charge < -0.3 is 17.6 Å². The van der Waals surface area contributed by atoms with E-state index >= 15 is 0 Å². The van der Waals surface area contributed by atoms with Crippen molar-refractivity contribution < 1.29 is 37.5 Å². The van der Waals surface area contributed by atoms with Crippen LogP contribution in [0, 0.1) is 12.8 Å². The van der Waals surface area contributed by atoms with E-state index in [1.54, 1.807) is 0 Å². The zero-order valence-electron chi connectivity index (χ0n) is 9.49. The molecule has 83 valence electrons. The van der Waals surface area contributed by atoms with Crippen molar-refractivity contribution in [2.45, 2.75) is 31.6 Å². The Bertz CT molecular complexity index is 334. The molecule has 1 atom stereocenters. The van der Waals surface area contributed by atoms with E-state index < -0.39 is 0 Å². The molecule has 0 amide bonds. The molecule has 0 aliphatic heterocycles. The Hall–Kier alpha value is -0.136. The summed E-state index contributed by atoms with van der Waals surface area (Å²) < 4.78 is 0. The molecule has 1 aromatic carbocycles. The number of carbonyl (C=O) groups is 1. The number of rotatable bonds is 3. The van der Waals surface area contributed by atoms with Gasteiger partial charge in [-0.25, -0.2) is 0 Å². The van der Waals surface area contributed by atoms with Gasteiger partial charge in [-0.1, -0.05) is 42.3 Å². The molecule has 0 bridgehead atoms. The Morgan fingerprint density at radius 2 is 2.00 bits per heavy atom. The molecule has 1 radical (unpaired) electrons. The molecule has 2 rings (SSSR count). The molecular weight excluding hydrogens is 273 g/mol. The Kier molecular flexibility index (Phi) is 5.71. The quantitative estimate of drug-likeness (QED) is 0.780. The van der Waals surface area contributed by atoms with Crippen LogP contribution in [0.25, 0.3) is 0 Å². The number of carbonyl (C=O) groups excluding carboxylic acids is 1. The molecule has 0 spiro atoms. The van der Waals surface area contributed by atoms with E-state index in [1.807, 2.05) is 18.2 Å². The van der Waals surface area contributed by atoms with Gasteiger partial charge in [-0.05, 0) is 6.42 Å². The fourth-order valence-electron chi connectivity index (χ4n) is 2.34. The van der Waals surface area contributed by atoms with Crippen LogP contribution in [0.1, 0.15) is 37.2 Å². The van der Waals surface area contributed by atoms with Crippen LogP contribution >= 0.6 is 0 Å². The molecule has 2 heteroatoms. The molecule has 0 heterocycles. The summed E-state index contributed by atoms with van der Waals surface area (Å²) in [6.45, 7) is 3.97. The van der Waals surface area contributed by atoms with Crippen molar-refractivity contribution in [3.8, 4) is 0 Å². The number of benzene rings is 1. The molecule has 1 nitrogen and oxygen atoms in total. The molecule has 0 unspecified atom stereocenters. The van der Waals surface area contributed by atoms with E-state index in [2.05, 4.69) is 19.1 Å². The van der Waals surface area contributed by atoms with Crippen LogP contribution in [0.2, 0.25) is 0 Å². The summed E-state index contributed by atoms with van der Waals surface area (Å²) in [6, 6.07) is 10.2. The van der Waals surface area contributed by atoms with Crippen LogP contribution < -0.4 is 0 Å². The molecule has 16 heavy (non-hydrogen) atoms. The molecule has 0 saturated heterocycles. The van der Waals surface area contributed by atoms with Crippen molar-refractivity contribution in [1.82, 2.24) is 0 Å². The average molecular weight is 289 g/mol. The zero-order chi connectivity index (χ0) is 10.7. The summed E-state index contributed by atoms with van der Waals surface area (Å²) >= 11 is 0.